The van der Waals surface area contributed by atoms with Crippen molar-refractivity contribution in [3.8, 4) is 0 Å². The van der Waals surface area contributed by atoms with Gasteiger partial charge in [0.15, 0.2) is 0 Å². The molecule has 1 saturated carbocycles. The standard InChI is InChI=1S/C15H23N3O/c1-18(11-14-5-3-9-19-14)15-6-2-4-13(17-15)10-16-12-7-8-12/h2,4,6,12,14,16H,3,5,7-11H2,1H3. The van der Waals surface area contributed by atoms with Gasteiger partial charge in [0.05, 0.1) is 11.8 Å². The fourth-order valence-electron chi connectivity index (χ4n) is 2.50. The molecule has 19 heavy (non-hydrogen) atoms. The largest absolute Gasteiger partial charge is 0.376 e. The Hall–Kier alpha value is -1.13. The maximum atomic E-state index is 5.68. The maximum Gasteiger partial charge on any atom is 0.128 e. The van der Waals surface area contributed by atoms with Crippen LogP contribution in [0.3, 0.4) is 0 Å². The van der Waals surface area contributed by atoms with Crippen molar-refractivity contribution >= 4 is 5.82 Å². The number of likely N-dealkylation sites (N-methyl/N-ethyl adjacent to an activating group) is 1. The SMILES string of the molecule is CN(CC1CCCO1)c1cccc(CNC2CC2)n1. The molecule has 4 heteroatoms. The molecule has 2 heterocycles. The van der Waals surface area contributed by atoms with Gasteiger partial charge in [0.1, 0.15) is 5.82 Å². The minimum Gasteiger partial charge on any atom is -0.376 e. The minimum absolute atomic E-state index is 0.375. The van der Waals surface area contributed by atoms with Crippen LogP contribution in [0.4, 0.5) is 5.82 Å². The lowest BCUT2D eigenvalue weighted by Crippen LogP contribution is -2.29. The zero-order chi connectivity index (χ0) is 13.1. The number of hydrogen-bond acceptors (Lipinski definition) is 4. The summed E-state index contributed by atoms with van der Waals surface area (Å²) in [4.78, 5) is 6.93. The molecule has 0 aromatic carbocycles. The van der Waals surface area contributed by atoms with Crippen LogP contribution in [0.15, 0.2) is 18.2 Å². The average molecular weight is 261 g/mol. The van der Waals surface area contributed by atoms with Crippen LogP contribution >= 0.6 is 0 Å². The number of anilines is 1. The summed E-state index contributed by atoms with van der Waals surface area (Å²) in [6.07, 6.45) is 5.38. The number of nitrogens with zero attached hydrogens (tertiary/aromatic N) is 2. The smallest absolute Gasteiger partial charge is 0.128 e. The summed E-state index contributed by atoms with van der Waals surface area (Å²) >= 11 is 0. The van der Waals surface area contributed by atoms with Gasteiger partial charge in [-0.05, 0) is 37.8 Å². The zero-order valence-corrected chi connectivity index (χ0v) is 11.6. The van der Waals surface area contributed by atoms with Crippen molar-refractivity contribution in [2.75, 3.05) is 25.1 Å². The van der Waals surface area contributed by atoms with E-state index in [2.05, 4.69) is 35.5 Å². The van der Waals surface area contributed by atoms with Gasteiger partial charge in [-0.15, -0.1) is 0 Å². The van der Waals surface area contributed by atoms with Crippen molar-refractivity contribution in [2.24, 2.45) is 0 Å². The maximum absolute atomic E-state index is 5.68. The lowest BCUT2D eigenvalue weighted by molar-refractivity contribution is 0.116. The molecule has 104 valence electrons. The molecule has 1 atom stereocenters. The van der Waals surface area contributed by atoms with E-state index in [-0.39, 0.29) is 0 Å². The van der Waals surface area contributed by atoms with Gasteiger partial charge in [0.2, 0.25) is 0 Å². The van der Waals surface area contributed by atoms with Gasteiger partial charge >= 0.3 is 0 Å². The molecule has 3 rings (SSSR count). The van der Waals surface area contributed by atoms with Crippen LogP contribution < -0.4 is 10.2 Å². The lowest BCUT2D eigenvalue weighted by Gasteiger charge is -2.22. The number of pyridine rings is 1. The first-order valence-corrected chi connectivity index (χ1v) is 7.33. The van der Waals surface area contributed by atoms with E-state index in [1.54, 1.807) is 0 Å². The van der Waals surface area contributed by atoms with Crippen LogP contribution in [0.1, 0.15) is 31.4 Å². The van der Waals surface area contributed by atoms with Gasteiger partial charge in [-0.25, -0.2) is 4.98 Å². The highest BCUT2D eigenvalue weighted by Gasteiger charge is 2.20. The molecule has 2 aliphatic rings. The molecule has 1 unspecified atom stereocenters. The quantitative estimate of drug-likeness (QED) is 0.849. The van der Waals surface area contributed by atoms with E-state index in [9.17, 15) is 0 Å². The highest BCUT2D eigenvalue weighted by molar-refractivity contribution is 5.38. The molecule has 1 aliphatic carbocycles. The van der Waals surface area contributed by atoms with E-state index in [1.165, 1.54) is 25.7 Å². The minimum atomic E-state index is 0.375. The predicted molar refractivity (Wildman–Crippen MR) is 76.3 cm³/mol. The van der Waals surface area contributed by atoms with Crippen molar-refractivity contribution in [2.45, 2.75) is 44.4 Å². The van der Waals surface area contributed by atoms with Crippen molar-refractivity contribution in [3.63, 3.8) is 0 Å². The molecular formula is C15H23N3O. The van der Waals surface area contributed by atoms with E-state index >= 15 is 0 Å². The molecule has 0 amide bonds. The molecule has 0 spiro atoms. The first-order valence-electron chi connectivity index (χ1n) is 7.33. The van der Waals surface area contributed by atoms with Crippen LogP contribution in [0.25, 0.3) is 0 Å². The number of hydrogen-bond donors (Lipinski definition) is 1. The Morgan fingerprint density at radius 1 is 1.37 bits per heavy atom. The average Bonchev–Trinajstić information content (AvgIpc) is 3.13. The van der Waals surface area contributed by atoms with Crippen LogP contribution in [-0.4, -0.2) is 37.3 Å². The first-order chi connectivity index (χ1) is 9.31. The molecule has 2 fully saturated rings. The highest BCUT2D eigenvalue weighted by Crippen LogP contribution is 2.20. The number of rotatable bonds is 6. The summed E-state index contributed by atoms with van der Waals surface area (Å²) in [5.74, 6) is 1.05. The van der Waals surface area contributed by atoms with E-state index in [1.807, 2.05) is 0 Å². The normalized spacial score (nSPS) is 22.7. The summed E-state index contributed by atoms with van der Waals surface area (Å²) in [5, 5.41) is 3.51. The summed E-state index contributed by atoms with van der Waals surface area (Å²) in [6.45, 7) is 2.73. The monoisotopic (exact) mass is 261 g/mol. The van der Waals surface area contributed by atoms with Crippen molar-refractivity contribution in [1.29, 1.82) is 0 Å². The van der Waals surface area contributed by atoms with E-state index in [0.29, 0.717) is 6.10 Å². The van der Waals surface area contributed by atoms with Gasteiger partial charge in [-0.3, -0.25) is 0 Å². The van der Waals surface area contributed by atoms with Crippen molar-refractivity contribution < 1.29 is 4.74 Å². The second-order valence-corrected chi connectivity index (χ2v) is 5.66. The van der Waals surface area contributed by atoms with Crippen LogP contribution in [0.2, 0.25) is 0 Å². The summed E-state index contributed by atoms with van der Waals surface area (Å²) in [5.41, 5.74) is 1.13. The summed E-state index contributed by atoms with van der Waals surface area (Å²) in [6, 6.07) is 7.00. The Bertz CT molecular complexity index is 414. The lowest BCUT2D eigenvalue weighted by atomic mass is 10.2. The topological polar surface area (TPSA) is 37.4 Å². The van der Waals surface area contributed by atoms with Gasteiger partial charge in [0.25, 0.3) is 0 Å². The molecule has 0 radical (unpaired) electrons. The Kier molecular flexibility index (Phi) is 3.99. The zero-order valence-electron chi connectivity index (χ0n) is 11.6. The molecule has 1 N–H and O–H groups in total. The van der Waals surface area contributed by atoms with Crippen molar-refractivity contribution in [1.82, 2.24) is 10.3 Å². The fraction of sp³-hybridized carbons (Fsp3) is 0.667. The number of aromatic nitrogens is 1. The molecule has 1 saturated heterocycles. The van der Waals surface area contributed by atoms with E-state index < -0.39 is 0 Å². The van der Waals surface area contributed by atoms with Crippen molar-refractivity contribution in [3.05, 3.63) is 23.9 Å². The molecule has 1 aromatic heterocycles. The molecule has 4 nitrogen and oxygen atoms in total. The Morgan fingerprint density at radius 2 is 2.26 bits per heavy atom. The van der Waals surface area contributed by atoms with Crippen LogP contribution in [0.5, 0.6) is 0 Å². The second kappa shape index (κ2) is 5.88. The Morgan fingerprint density at radius 3 is 3.00 bits per heavy atom. The predicted octanol–water partition coefficient (Wildman–Crippen LogP) is 1.95. The highest BCUT2D eigenvalue weighted by atomic mass is 16.5. The third kappa shape index (κ3) is 3.67. The molecule has 1 aliphatic heterocycles. The summed E-state index contributed by atoms with van der Waals surface area (Å²) in [7, 11) is 2.10. The Balaban J connectivity index is 1.56. The number of ether oxygens (including phenoxy) is 1. The molecule has 0 bridgehead atoms. The molecule has 1 aromatic rings. The van der Waals surface area contributed by atoms with E-state index in [4.69, 9.17) is 9.72 Å². The summed E-state index contributed by atoms with van der Waals surface area (Å²) < 4.78 is 5.68. The first kappa shape index (κ1) is 12.9. The second-order valence-electron chi connectivity index (χ2n) is 5.66. The third-order valence-electron chi connectivity index (χ3n) is 3.83. The van der Waals surface area contributed by atoms with Crippen LogP contribution in [-0.2, 0) is 11.3 Å². The van der Waals surface area contributed by atoms with Gasteiger partial charge in [-0.1, -0.05) is 6.07 Å². The van der Waals surface area contributed by atoms with E-state index in [0.717, 1.165) is 37.3 Å². The van der Waals surface area contributed by atoms with Gasteiger partial charge < -0.3 is 15.0 Å². The Labute approximate surface area is 115 Å². The third-order valence-corrected chi connectivity index (χ3v) is 3.83. The number of nitrogens with one attached hydrogen (secondary N) is 1. The van der Waals surface area contributed by atoms with Gasteiger partial charge in [-0.2, -0.15) is 0 Å². The van der Waals surface area contributed by atoms with Crippen LogP contribution in [0, 0.1) is 0 Å². The van der Waals surface area contributed by atoms with Gasteiger partial charge in [0, 0.05) is 32.8 Å². The fourth-order valence-corrected chi connectivity index (χ4v) is 2.50. The molecular weight excluding hydrogens is 238 g/mol.